The molecule has 1 aliphatic carbocycles. The first-order chi connectivity index (χ1) is 8.99. The molecule has 2 N–H and O–H groups in total. The zero-order valence-corrected chi connectivity index (χ0v) is 10.6. The van der Waals surface area contributed by atoms with E-state index in [1.54, 1.807) is 0 Å². The van der Waals surface area contributed by atoms with Crippen LogP contribution < -0.4 is 5.32 Å². The number of halogens is 2. The normalized spacial score (nSPS) is 23.6. The molecule has 1 saturated carbocycles. The summed E-state index contributed by atoms with van der Waals surface area (Å²) in [6.45, 7) is 0. The monoisotopic (exact) mass is 273 g/mol. The highest BCUT2D eigenvalue weighted by Gasteiger charge is 2.26. The van der Waals surface area contributed by atoms with E-state index in [0.717, 1.165) is 23.6 Å². The number of hydrogen-bond acceptors (Lipinski definition) is 3. The summed E-state index contributed by atoms with van der Waals surface area (Å²) in [5, 5.41) is 16.2. The minimum atomic E-state index is -2.67. The van der Waals surface area contributed by atoms with Gasteiger partial charge in [0.25, 0.3) is 12.3 Å². The smallest absolute Gasteiger partial charge is 0.280 e. The van der Waals surface area contributed by atoms with Gasteiger partial charge in [-0.3, -0.25) is 9.48 Å². The minimum absolute atomic E-state index is 0.0458. The van der Waals surface area contributed by atoms with Crippen LogP contribution in [0.1, 0.15) is 48.3 Å². The van der Waals surface area contributed by atoms with Gasteiger partial charge >= 0.3 is 0 Å². The maximum atomic E-state index is 12.6. The van der Waals surface area contributed by atoms with Crippen LogP contribution >= 0.6 is 0 Å². The Labute approximate surface area is 109 Å². The van der Waals surface area contributed by atoms with Crippen LogP contribution in [-0.4, -0.2) is 32.9 Å². The summed E-state index contributed by atoms with van der Waals surface area (Å²) in [6, 6.07) is 0.758. The molecule has 1 heterocycles. The first-order valence-corrected chi connectivity index (χ1v) is 6.30. The van der Waals surface area contributed by atoms with E-state index >= 15 is 0 Å². The Bertz CT molecular complexity index is 462. The number of aliphatic hydroxyl groups is 1. The number of nitrogens with one attached hydrogen (secondary N) is 1. The van der Waals surface area contributed by atoms with Gasteiger partial charge in [0.2, 0.25) is 0 Å². The van der Waals surface area contributed by atoms with Gasteiger partial charge in [0, 0.05) is 7.05 Å². The number of carbonyl (C=O) groups excluding carboxylic acids is 1. The number of rotatable bonds is 3. The lowest BCUT2D eigenvalue weighted by molar-refractivity contribution is 0.0713. The molecule has 7 heteroatoms. The fraction of sp³-hybridized carbons (Fsp3) is 0.667. The van der Waals surface area contributed by atoms with Crippen molar-refractivity contribution in [2.45, 2.75) is 44.3 Å². The zero-order chi connectivity index (χ0) is 14.0. The van der Waals surface area contributed by atoms with E-state index < -0.39 is 18.4 Å². The number of nitrogens with zero attached hydrogens (tertiary/aromatic N) is 2. The highest BCUT2D eigenvalue weighted by atomic mass is 19.3. The van der Waals surface area contributed by atoms with Crippen LogP contribution in [0.5, 0.6) is 0 Å². The highest BCUT2D eigenvalue weighted by Crippen LogP contribution is 2.20. The lowest BCUT2D eigenvalue weighted by Gasteiger charge is -2.27. The number of aryl methyl sites for hydroxylation is 1. The molecule has 0 radical (unpaired) electrons. The lowest BCUT2D eigenvalue weighted by Crippen LogP contribution is -2.45. The number of aliphatic hydroxyl groups excluding tert-OH is 1. The molecule has 1 aromatic heterocycles. The van der Waals surface area contributed by atoms with Gasteiger partial charge in [-0.05, 0) is 18.9 Å². The topological polar surface area (TPSA) is 67.2 Å². The van der Waals surface area contributed by atoms with Crippen LogP contribution in [0.25, 0.3) is 0 Å². The maximum absolute atomic E-state index is 12.6. The molecular formula is C12H17F2N3O2. The van der Waals surface area contributed by atoms with Crippen LogP contribution in [0.2, 0.25) is 0 Å². The summed E-state index contributed by atoms with van der Waals surface area (Å²) in [5.41, 5.74) is -0.343. The number of alkyl halides is 2. The van der Waals surface area contributed by atoms with Crippen LogP contribution in [-0.2, 0) is 7.05 Å². The van der Waals surface area contributed by atoms with Crippen LogP contribution in [0.4, 0.5) is 8.78 Å². The fourth-order valence-corrected chi connectivity index (χ4v) is 2.32. The molecule has 0 bridgehead atoms. The van der Waals surface area contributed by atoms with Gasteiger partial charge < -0.3 is 10.4 Å². The van der Waals surface area contributed by atoms with E-state index in [1.165, 1.54) is 7.05 Å². The molecule has 2 rings (SSSR count). The van der Waals surface area contributed by atoms with E-state index in [-0.39, 0.29) is 17.4 Å². The van der Waals surface area contributed by atoms with E-state index in [2.05, 4.69) is 10.4 Å². The van der Waals surface area contributed by atoms with Crippen molar-refractivity contribution in [3.05, 3.63) is 17.5 Å². The Hall–Kier alpha value is -1.50. The third-order valence-corrected chi connectivity index (χ3v) is 3.42. The molecule has 1 fully saturated rings. The molecule has 0 spiro atoms. The summed E-state index contributed by atoms with van der Waals surface area (Å²) in [4.78, 5) is 11.9. The standard InChI is InChI=1S/C12H17F2N3O2/c1-17-9(11(13)14)6-8(16-17)12(19)15-7-4-2-3-5-10(7)18/h6-7,10-11,18H,2-5H2,1H3,(H,15,19)/t7-,10-/m0/s1. The SMILES string of the molecule is Cn1nc(C(=O)N[C@H]2CCCC[C@@H]2O)cc1C(F)F. The first kappa shape index (κ1) is 13.9. The molecule has 19 heavy (non-hydrogen) atoms. The molecule has 1 aliphatic rings. The predicted octanol–water partition coefficient (Wildman–Crippen LogP) is 1.39. The van der Waals surface area contributed by atoms with E-state index in [0.29, 0.717) is 12.8 Å². The van der Waals surface area contributed by atoms with Crippen molar-refractivity contribution in [3.8, 4) is 0 Å². The quantitative estimate of drug-likeness (QED) is 0.874. The largest absolute Gasteiger partial charge is 0.391 e. The second kappa shape index (κ2) is 5.64. The highest BCUT2D eigenvalue weighted by molar-refractivity contribution is 5.92. The van der Waals surface area contributed by atoms with E-state index in [1.807, 2.05) is 0 Å². The first-order valence-electron chi connectivity index (χ1n) is 6.30. The summed E-state index contributed by atoms with van der Waals surface area (Å²) in [6.07, 6.45) is -0.0222. The molecule has 2 atom stereocenters. The fourth-order valence-electron chi connectivity index (χ4n) is 2.32. The second-order valence-corrected chi connectivity index (χ2v) is 4.81. The van der Waals surface area contributed by atoms with Crippen molar-refractivity contribution >= 4 is 5.91 Å². The molecule has 1 amide bonds. The molecule has 0 aliphatic heterocycles. The molecule has 106 valence electrons. The molecular weight excluding hydrogens is 256 g/mol. The Morgan fingerprint density at radius 3 is 2.79 bits per heavy atom. The summed E-state index contributed by atoms with van der Waals surface area (Å²) < 4.78 is 26.2. The lowest BCUT2D eigenvalue weighted by atomic mass is 9.92. The molecule has 5 nitrogen and oxygen atoms in total. The Kier molecular flexibility index (Phi) is 4.14. The number of carbonyl (C=O) groups is 1. The number of amides is 1. The van der Waals surface area contributed by atoms with Crippen molar-refractivity contribution in [2.24, 2.45) is 7.05 Å². The number of aromatic nitrogens is 2. The third kappa shape index (κ3) is 3.09. The Morgan fingerprint density at radius 1 is 1.53 bits per heavy atom. The van der Waals surface area contributed by atoms with Gasteiger partial charge in [-0.2, -0.15) is 5.10 Å². The average molecular weight is 273 g/mol. The van der Waals surface area contributed by atoms with Crippen LogP contribution in [0.3, 0.4) is 0 Å². The van der Waals surface area contributed by atoms with Crippen molar-refractivity contribution in [3.63, 3.8) is 0 Å². The van der Waals surface area contributed by atoms with Crippen molar-refractivity contribution in [1.29, 1.82) is 0 Å². The zero-order valence-electron chi connectivity index (χ0n) is 10.6. The van der Waals surface area contributed by atoms with E-state index in [9.17, 15) is 18.7 Å². The van der Waals surface area contributed by atoms with Gasteiger partial charge in [-0.15, -0.1) is 0 Å². The number of hydrogen-bond donors (Lipinski definition) is 2. The van der Waals surface area contributed by atoms with Crippen molar-refractivity contribution in [2.75, 3.05) is 0 Å². The third-order valence-electron chi connectivity index (χ3n) is 3.42. The van der Waals surface area contributed by atoms with Gasteiger partial charge in [-0.25, -0.2) is 8.78 Å². The Morgan fingerprint density at radius 2 is 2.21 bits per heavy atom. The second-order valence-electron chi connectivity index (χ2n) is 4.81. The molecule has 0 unspecified atom stereocenters. The summed E-state index contributed by atoms with van der Waals surface area (Å²) in [5.74, 6) is -0.520. The predicted molar refractivity (Wildman–Crippen MR) is 63.9 cm³/mol. The van der Waals surface area contributed by atoms with Gasteiger partial charge in [-0.1, -0.05) is 12.8 Å². The van der Waals surface area contributed by atoms with Crippen LogP contribution in [0, 0.1) is 0 Å². The summed E-state index contributed by atoms with van der Waals surface area (Å²) >= 11 is 0. The maximum Gasteiger partial charge on any atom is 0.280 e. The van der Waals surface area contributed by atoms with Gasteiger partial charge in [0.05, 0.1) is 12.1 Å². The summed E-state index contributed by atoms with van der Waals surface area (Å²) in [7, 11) is 1.37. The van der Waals surface area contributed by atoms with Gasteiger partial charge in [0.15, 0.2) is 5.69 Å². The molecule has 0 saturated heterocycles. The van der Waals surface area contributed by atoms with Gasteiger partial charge in [0.1, 0.15) is 5.69 Å². The molecule has 0 aromatic carbocycles. The van der Waals surface area contributed by atoms with E-state index in [4.69, 9.17) is 0 Å². The molecule has 1 aromatic rings. The van der Waals surface area contributed by atoms with Crippen molar-refractivity contribution in [1.82, 2.24) is 15.1 Å². The average Bonchev–Trinajstić information content (AvgIpc) is 2.74. The Balaban J connectivity index is 2.05. The minimum Gasteiger partial charge on any atom is -0.391 e. The van der Waals surface area contributed by atoms with Crippen LogP contribution in [0.15, 0.2) is 6.07 Å². The van der Waals surface area contributed by atoms with Crippen molar-refractivity contribution < 1.29 is 18.7 Å².